The predicted octanol–water partition coefficient (Wildman–Crippen LogP) is 1.46. The zero-order chi connectivity index (χ0) is 20.5. The van der Waals surface area contributed by atoms with Crippen LogP contribution in [0.2, 0.25) is 0 Å². The summed E-state index contributed by atoms with van der Waals surface area (Å²) in [5.74, 6) is 0.720. The Balaban J connectivity index is 1.25. The molecule has 164 valence electrons. The van der Waals surface area contributed by atoms with E-state index in [-0.39, 0.29) is 11.7 Å². The van der Waals surface area contributed by atoms with E-state index in [4.69, 9.17) is 4.74 Å². The van der Waals surface area contributed by atoms with Gasteiger partial charge in [-0.25, -0.2) is 4.79 Å². The highest BCUT2D eigenvalue weighted by molar-refractivity contribution is 5.80. The summed E-state index contributed by atoms with van der Waals surface area (Å²) in [5.41, 5.74) is 3.52. The number of ether oxygens (including phenoxy) is 1. The van der Waals surface area contributed by atoms with E-state index in [1.807, 2.05) is 16.2 Å². The van der Waals surface area contributed by atoms with Crippen molar-refractivity contribution in [2.75, 3.05) is 45.9 Å². The topological polar surface area (TPSA) is 63.5 Å². The molecule has 7 heteroatoms. The number of fused-ring (bicyclic) bond motifs is 1. The van der Waals surface area contributed by atoms with E-state index in [1.165, 1.54) is 18.4 Å². The highest BCUT2D eigenvalue weighted by Crippen LogP contribution is 2.26. The van der Waals surface area contributed by atoms with Gasteiger partial charge in [-0.3, -0.25) is 14.0 Å². The molecule has 1 atom stereocenters. The number of aromatic nitrogens is 2. The van der Waals surface area contributed by atoms with E-state index in [2.05, 4.69) is 33.7 Å². The van der Waals surface area contributed by atoms with E-state index < -0.39 is 0 Å². The lowest BCUT2D eigenvalue weighted by Crippen LogP contribution is -2.52. The lowest BCUT2D eigenvalue weighted by molar-refractivity contribution is -0.0711. The monoisotopic (exact) mass is 413 g/mol. The molecule has 0 amide bonds. The van der Waals surface area contributed by atoms with Gasteiger partial charge in [-0.1, -0.05) is 12.1 Å². The summed E-state index contributed by atoms with van der Waals surface area (Å²) in [6.45, 7) is 7.95. The van der Waals surface area contributed by atoms with Gasteiger partial charge in [0.1, 0.15) is 0 Å². The average Bonchev–Trinajstić information content (AvgIpc) is 3.02. The Labute approximate surface area is 178 Å². The van der Waals surface area contributed by atoms with Crippen molar-refractivity contribution < 1.29 is 4.74 Å². The minimum Gasteiger partial charge on any atom is -0.375 e. The number of piperidine rings is 2. The Morgan fingerprint density at radius 1 is 1.10 bits per heavy atom. The summed E-state index contributed by atoms with van der Waals surface area (Å²) in [6, 6.07) is 6.64. The second-order valence-corrected chi connectivity index (χ2v) is 9.34. The minimum absolute atomic E-state index is 0.109. The van der Waals surface area contributed by atoms with Crippen LogP contribution in [0.25, 0.3) is 11.0 Å². The molecule has 1 aromatic carbocycles. The van der Waals surface area contributed by atoms with Gasteiger partial charge in [0.25, 0.3) is 0 Å². The lowest BCUT2D eigenvalue weighted by Gasteiger charge is -2.40. The Hall–Kier alpha value is -1.67. The van der Waals surface area contributed by atoms with E-state index in [9.17, 15) is 4.79 Å². The van der Waals surface area contributed by atoms with Crippen LogP contribution in [0.3, 0.4) is 0 Å². The lowest BCUT2D eigenvalue weighted by atomic mass is 9.99. The Morgan fingerprint density at radius 2 is 1.93 bits per heavy atom. The molecule has 3 aliphatic rings. The van der Waals surface area contributed by atoms with Gasteiger partial charge in [0.2, 0.25) is 0 Å². The van der Waals surface area contributed by atoms with Crippen molar-refractivity contribution >= 4 is 11.0 Å². The van der Waals surface area contributed by atoms with Crippen molar-refractivity contribution in [3.05, 3.63) is 34.2 Å². The molecule has 1 aromatic heterocycles. The number of benzene rings is 1. The first kappa shape index (κ1) is 20.2. The summed E-state index contributed by atoms with van der Waals surface area (Å²) in [7, 11) is 1.92. The molecule has 2 aromatic rings. The zero-order valence-electron chi connectivity index (χ0n) is 18.1. The predicted molar refractivity (Wildman–Crippen MR) is 119 cm³/mol. The Bertz CT molecular complexity index is 918. The molecule has 1 unspecified atom stereocenters. The zero-order valence-corrected chi connectivity index (χ0v) is 18.1. The van der Waals surface area contributed by atoms with Gasteiger partial charge in [-0.2, -0.15) is 0 Å². The first-order chi connectivity index (χ1) is 14.7. The van der Waals surface area contributed by atoms with E-state index >= 15 is 0 Å². The normalized spacial score (nSPS) is 24.4. The quantitative estimate of drug-likeness (QED) is 0.751. The number of rotatable bonds is 6. The van der Waals surface area contributed by atoms with E-state index in [0.717, 1.165) is 82.2 Å². The molecule has 30 heavy (non-hydrogen) atoms. The molecule has 4 heterocycles. The molecule has 7 nitrogen and oxygen atoms in total. The molecule has 3 saturated heterocycles. The first-order valence-corrected chi connectivity index (χ1v) is 11.6. The molecule has 0 saturated carbocycles. The van der Waals surface area contributed by atoms with Gasteiger partial charge >= 0.3 is 5.69 Å². The fourth-order valence-electron chi connectivity index (χ4n) is 5.37. The largest absolute Gasteiger partial charge is 0.375 e. The maximum absolute atomic E-state index is 13.1. The third-order valence-electron chi connectivity index (χ3n) is 7.17. The van der Waals surface area contributed by atoms with Crippen LogP contribution in [0.4, 0.5) is 0 Å². The van der Waals surface area contributed by atoms with E-state index in [1.54, 1.807) is 0 Å². The smallest absolute Gasteiger partial charge is 0.329 e. The van der Waals surface area contributed by atoms with Crippen LogP contribution in [0.5, 0.6) is 0 Å². The van der Waals surface area contributed by atoms with Crippen molar-refractivity contribution in [1.29, 1.82) is 0 Å². The van der Waals surface area contributed by atoms with Crippen LogP contribution in [0, 0.1) is 5.92 Å². The summed E-state index contributed by atoms with van der Waals surface area (Å²) in [6.07, 6.45) is 5.03. The number of aryl methyl sites for hydroxylation is 1. The van der Waals surface area contributed by atoms with Crippen molar-refractivity contribution in [3.8, 4) is 0 Å². The summed E-state index contributed by atoms with van der Waals surface area (Å²) in [4.78, 5) is 15.5. The molecule has 0 aliphatic carbocycles. The number of para-hydroxylation sites is 1. The van der Waals surface area contributed by atoms with Gasteiger partial charge in [-0.15, -0.1) is 0 Å². The van der Waals surface area contributed by atoms with Crippen LogP contribution >= 0.6 is 0 Å². The van der Waals surface area contributed by atoms with Crippen molar-refractivity contribution in [2.24, 2.45) is 13.0 Å². The van der Waals surface area contributed by atoms with Gasteiger partial charge in [0, 0.05) is 39.8 Å². The van der Waals surface area contributed by atoms with E-state index in [0.29, 0.717) is 6.10 Å². The minimum atomic E-state index is 0.109. The first-order valence-electron chi connectivity index (χ1n) is 11.6. The maximum atomic E-state index is 13.1. The molecule has 3 aliphatic heterocycles. The molecular formula is C23H35N5O2. The van der Waals surface area contributed by atoms with Crippen LogP contribution in [0.1, 0.15) is 37.3 Å². The summed E-state index contributed by atoms with van der Waals surface area (Å²) < 4.78 is 10.0. The third kappa shape index (κ3) is 3.96. The number of hydrogen-bond donors (Lipinski definition) is 2. The molecule has 2 N–H and O–H groups in total. The number of likely N-dealkylation sites (tertiary alicyclic amines) is 1. The molecule has 3 fully saturated rings. The van der Waals surface area contributed by atoms with Crippen LogP contribution in [-0.4, -0.2) is 66.0 Å². The van der Waals surface area contributed by atoms with Crippen LogP contribution in [-0.2, 0) is 18.3 Å². The SMILES string of the molecule is Cn1c(=O)n(C2CCCNC2)c2cccc(CN3CC(OCC4CCNCC4)C3)c21. The van der Waals surface area contributed by atoms with Crippen molar-refractivity contribution in [3.63, 3.8) is 0 Å². The van der Waals surface area contributed by atoms with Crippen LogP contribution < -0.4 is 16.3 Å². The Morgan fingerprint density at radius 3 is 2.70 bits per heavy atom. The second-order valence-electron chi connectivity index (χ2n) is 9.34. The number of imidazole rings is 1. The van der Waals surface area contributed by atoms with Gasteiger partial charge < -0.3 is 15.4 Å². The standard InChI is InChI=1S/C23H35N5O2/c1-26-22-18(13-27-14-20(15-27)30-16-17-7-10-24-11-8-17)4-2-6-21(22)28(23(26)29)19-5-3-9-25-12-19/h2,4,6,17,19-20,24-25H,3,5,7-16H2,1H3. The molecule has 0 radical (unpaired) electrons. The van der Waals surface area contributed by atoms with Crippen molar-refractivity contribution in [2.45, 2.75) is 44.4 Å². The maximum Gasteiger partial charge on any atom is 0.329 e. The molecular weight excluding hydrogens is 378 g/mol. The summed E-state index contributed by atoms with van der Waals surface area (Å²) >= 11 is 0. The Kier molecular flexibility index (Phi) is 5.96. The molecule has 0 spiro atoms. The third-order valence-corrected chi connectivity index (χ3v) is 7.17. The number of nitrogens with zero attached hydrogens (tertiary/aromatic N) is 3. The fraction of sp³-hybridized carbons (Fsp3) is 0.696. The molecule has 5 rings (SSSR count). The second kappa shape index (κ2) is 8.83. The van der Waals surface area contributed by atoms with Gasteiger partial charge in [-0.05, 0) is 62.9 Å². The fourth-order valence-corrected chi connectivity index (χ4v) is 5.37. The molecule has 0 bridgehead atoms. The highest BCUT2D eigenvalue weighted by Gasteiger charge is 2.30. The van der Waals surface area contributed by atoms with Crippen LogP contribution in [0.15, 0.2) is 23.0 Å². The number of hydrogen-bond acceptors (Lipinski definition) is 5. The van der Waals surface area contributed by atoms with Crippen molar-refractivity contribution in [1.82, 2.24) is 24.7 Å². The summed E-state index contributed by atoms with van der Waals surface area (Å²) in [5, 5.41) is 6.86. The van der Waals surface area contributed by atoms with Gasteiger partial charge in [0.05, 0.1) is 23.2 Å². The number of nitrogens with one attached hydrogen (secondary N) is 2. The van der Waals surface area contributed by atoms with Gasteiger partial charge in [0.15, 0.2) is 0 Å². The highest BCUT2D eigenvalue weighted by atomic mass is 16.5. The average molecular weight is 414 g/mol.